The summed E-state index contributed by atoms with van der Waals surface area (Å²) < 4.78 is 0. The molecule has 36 heavy (non-hydrogen) atoms. The third kappa shape index (κ3) is 8.49. The lowest BCUT2D eigenvalue weighted by Gasteiger charge is -2.29. The van der Waals surface area contributed by atoms with Crippen molar-refractivity contribution in [2.24, 2.45) is 17.8 Å². The zero-order chi connectivity index (χ0) is 25.0. The van der Waals surface area contributed by atoms with Crippen LogP contribution in [-0.2, 0) is 6.42 Å². The Morgan fingerprint density at radius 1 is 0.500 bits per heavy atom. The molecule has 0 heteroatoms. The lowest BCUT2D eigenvalue weighted by molar-refractivity contribution is 0.252. The molecule has 0 spiro atoms. The molecular weight excluding hydrogens is 432 g/mol. The molecule has 198 valence electrons. The molecule has 2 aliphatic carbocycles. The second kappa shape index (κ2) is 15.0. The molecule has 2 aromatic carbocycles. The van der Waals surface area contributed by atoms with Gasteiger partial charge in [-0.2, -0.15) is 0 Å². The van der Waals surface area contributed by atoms with E-state index in [1.165, 1.54) is 132 Å². The van der Waals surface area contributed by atoms with Crippen LogP contribution in [0.2, 0.25) is 0 Å². The summed E-state index contributed by atoms with van der Waals surface area (Å²) in [5, 5.41) is 0. The van der Waals surface area contributed by atoms with Crippen molar-refractivity contribution < 1.29 is 0 Å². The van der Waals surface area contributed by atoms with Crippen molar-refractivity contribution in [2.45, 2.75) is 135 Å². The maximum Gasteiger partial charge on any atom is -0.0162 e. The molecule has 0 heterocycles. The molecule has 0 amide bonds. The van der Waals surface area contributed by atoms with Crippen molar-refractivity contribution in [3.05, 3.63) is 59.7 Å². The van der Waals surface area contributed by atoms with Crippen LogP contribution in [0.25, 0.3) is 11.1 Å². The minimum absolute atomic E-state index is 0.787. The molecule has 2 saturated carbocycles. The number of hydrogen-bond acceptors (Lipinski definition) is 0. The fourth-order valence-corrected chi connectivity index (χ4v) is 7.22. The van der Waals surface area contributed by atoms with Gasteiger partial charge < -0.3 is 0 Å². The SMILES string of the molecule is CCCCCCC[C@H]1CC[C@H](c2ccc(-c3ccc(CC[C@H]4CC[C@H](CCC)CC4)cc3)cc2)CC1. The van der Waals surface area contributed by atoms with Gasteiger partial charge in [-0.25, -0.2) is 0 Å². The monoisotopic (exact) mass is 486 g/mol. The third-order valence-corrected chi connectivity index (χ3v) is 9.74. The Morgan fingerprint density at radius 2 is 1.03 bits per heavy atom. The topological polar surface area (TPSA) is 0 Å². The molecule has 0 aliphatic heterocycles. The van der Waals surface area contributed by atoms with Crippen LogP contribution in [0.4, 0.5) is 0 Å². The summed E-state index contributed by atoms with van der Waals surface area (Å²) in [6.07, 6.45) is 25.7. The predicted octanol–water partition coefficient (Wildman–Crippen LogP) is 11.5. The highest BCUT2D eigenvalue weighted by Gasteiger charge is 2.22. The minimum atomic E-state index is 0.787. The van der Waals surface area contributed by atoms with E-state index in [0.717, 1.165) is 23.7 Å². The van der Waals surface area contributed by atoms with Crippen LogP contribution in [0.15, 0.2) is 48.5 Å². The van der Waals surface area contributed by atoms with Gasteiger partial charge in [0.2, 0.25) is 0 Å². The number of benzene rings is 2. The first-order valence-corrected chi connectivity index (χ1v) is 15.9. The predicted molar refractivity (Wildman–Crippen MR) is 159 cm³/mol. The molecule has 0 radical (unpaired) electrons. The Kier molecular flexibility index (Phi) is 11.4. The van der Waals surface area contributed by atoms with Gasteiger partial charge in [0.15, 0.2) is 0 Å². The Labute approximate surface area is 223 Å². The molecule has 0 nitrogen and oxygen atoms in total. The first-order valence-electron chi connectivity index (χ1n) is 15.9. The Morgan fingerprint density at radius 3 is 1.64 bits per heavy atom. The van der Waals surface area contributed by atoms with Gasteiger partial charge in [0.1, 0.15) is 0 Å². The number of hydrogen-bond donors (Lipinski definition) is 0. The van der Waals surface area contributed by atoms with E-state index in [1.54, 1.807) is 5.56 Å². The Bertz CT molecular complexity index is 829. The zero-order valence-corrected chi connectivity index (χ0v) is 23.7. The molecule has 0 saturated heterocycles. The van der Waals surface area contributed by atoms with Gasteiger partial charge in [0.25, 0.3) is 0 Å². The van der Waals surface area contributed by atoms with Crippen LogP contribution >= 0.6 is 0 Å². The summed E-state index contributed by atoms with van der Waals surface area (Å²) in [4.78, 5) is 0. The first kappa shape index (κ1) is 27.5. The smallest absolute Gasteiger partial charge is 0.0162 e. The van der Waals surface area contributed by atoms with Gasteiger partial charge in [0, 0.05) is 0 Å². The molecule has 4 rings (SSSR count). The average molecular weight is 487 g/mol. The van der Waals surface area contributed by atoms with E-state index in [1.807, 2.05) is 0 Å². The highest BCUT2D eigenvalue weighted by molar-refractivity contribution is 5.64. The van der Waals surface area contributed by atoms with E-state index >= 15 is 0 Å². The normalized spacial score (nSPS) is 24.6. The quantitative estimate of drug-likeness (QED) is 0.247. The zero-order valence-electron chi connectivity index (χ0n) is 23.7. The molecular formula is C36H54. The number of unbranched alkanes of at least 4 members (excludes halogenated alkanes) is 4. The molecule has 0 bridgehead atoms. The molecule has 0 unspecified atom stereocenters. The molecule has 2 fully saturated rings. The van der Waals surface area contributed by atoms with Crippen molar-refractivity contribution in [1.82, 2.24) is 0 Å². The summed E-state index contributed by atoms with van der Waals surface area (Å²) in [6, 6.07) is 19.1. The van der Waals surface area contributed by atoms with Gasteiger partial charge in [-0.1, -0.05) is 139 Å². The molecule has 2 aliphatic rings. The lowest BCUT2D eigenvalue weighted by Crippen LogP contribution is -2.15. The highest BCUT2D eigenvalue weighted by Crippen LogP contribution is 2.38. The van der Waals surface area contributed by atoms with Crippen molar-refractivity contribution in [3.8, 4) is 11.1 Å². The molecule has 0 atom stereocenters. The second-order valence-electron chi connectivity index (χ2n) is 12.5. The lowest BCUT2D eigenvalue weighted by atomic mass is 9.77. The minimum Gasteiger partial charge on any atom is -0.0654 e. The van der Waals surface area contributed by atoms with Gasteiger partial charge in [-0.15, -0.1) is 0 Å². The third-order valence-electron chi connectivity index (χ3n) is 9.74. The van der Waals surface area contributed by atoms with E-state index in [9.17, 15) is 0 Å². The van der Waals surface area contributed by atoms with Crippen LogP contribution < -0.4 is 0 Å². The summed E-state index contributed by atoms with van der Waals surface area (Å²) in [7, 11) is 0. The Hall–Kier alpha value is -1.56. The van der Waals surface area contributed by atoms with Crippen LogP contribution in [0, 0.1) is 17.8 Å². The summed E-state index contributed by atoms with van der Waals surface area (Å²) in [5.74, 6) is 3.77. The highest BCUT2D eigenvalue weighted by atomic mass is 14.3. The van der Waals surface area contributed by atoms with Crippen molar-refractivity contribution >= 4 is 0 Å². The fraction of sp³-hybridized carbons (Fsp3) is 0.667. The molecule has 2 aromatic rings. The van der Waals surface area contributed by atoms with E-state index < -0.39 is 0 Å². The van der Waals surface area contributed by atoms with Crippen molar-refractivity contribution in [2.75, 3.05) is 0 Å². The average Bonchev–Trinajstić information content (AvgIpc) is 2.93. The number of aryl methyl sites for hydroxylation is 1. The van der Waals surface area contributed by atoms with E-state index in [2.05, 4.69) is 62.4 Å². The maximum atomic E-state index is 2.42. The van der Waals surface area contributed by atoms with Gasteiger partial charge in [-0.3, -0.25) is 0 Å². The first-order chi connectivity index (χ1) is 17.7. The largest absolute Gasteiger partial charge is 0.0654 e. The second-order valence-corrected chi connectivity index (χ2v) is 12.5. The van der Waals surface area contributed by atoms with Crippen LogP contribution in [0.5, 0.6) is 0 Å². The van der Waals surface area contributed by atoms with Crippen molar-refractivity contribution in [1.29, 1.82) is 0 Å². The number of rotatable bonds is 13. The van der Waals surface area contributed by atoms with Crippen LogP contribution in [0.1, 0.15) is 140 Å². The standard InChI is InChI=1S/C36H54/c1-3-5-6-7-8-10-30-17-21-33(22-18-30)35-25-27-36(28-26-35)34-23-19-32(20-24-34)16-15-31-13-11-29(9-4-2)12-14-31/h19-20,23-31,33H,3-18,21-22H2,1-2H3/t29-,30-,31-,33-. The van der Waals surface area contributed by atoms with E-state index in [0.29, 0.717) is 0 Å². The van der Waals surface area contributed by atoms with Crippen LogP contribution in [-0.4, -0.2) is 0 Å². The molecule has 0 aromatic heterocycles. The van der Waals surface area contributed by atoms with Gasteiger partial charge in [-0.05, 0) is 84.5 Å². The van der Waals surface area contributed by atoms with Crippen molar-refractivity contribution in [3.63, 3.8) is 0 Å². The summed E-state index contributed by atoms with van der Waals surface area (Å²) in [6.45, 7) is 4.65. The Balaban J connectivity index is 1.18. The maximum absolute atomic E-state index is 2.42. The fourth-order valence-electron chi connectivity index (χ4n) is 7.22. The van der Waals surface area contributed by atoms with Crippen LogP contribution in [0.3, 0.4) is 0 Å². The van der Waals surface area contributed by atoms with E-state index in [-0.39, 0.29) is 0 Å². The van der Waals surface area contributed by atoms with Gasteiger partial charge in [0.05, 0.1) is 0 Å². The molecule has 0 N–H and O–H groups in total. The van der Waals surface area contributed by atoms with E-state index in [4.69, 9.17) is 0 Å². The van der Waals surface area contributed by atoms with Gasteiger partial charge >= 0.3 is 0 Å². The summed E-state index contributed by atoms with van der Waals surface area (Å²) in [5.41, 5.74) is 5.84. The summed E-state index contributed by atoms with van der Waals surface area (Å²) >= 11 is 0.